The molecule has 0 spiro atoms. The zero-order valence-electron chi connectivity index (χ0n) is 13.9. The molecule has 0 atom stereocenters. The lowest BCUT2D eigenvalue weighted by atomic mass is 10.1. The zero-order chi connectivity index (χ0) is 15.9. The monoisotopic (exact) mass is 301 g/mol. The van der Waals surface area contributed by atoms with Gasteiger partial charge in [-0.1, -0.05) is 31.2 Å². The van der Waals surface area contributed by atoms with Crippen LogP contribution in [-0.2, 0) is 25.9 Å². The van der Waals surface area contributed by atoms with Crippen LogP contribution in [0, 0.1) is 13.8 Å². The van der Waals surface area contributed by atoms with Crippen LogP contribution < -0.4 is 5.32 Å². The summed E-state index contributed by atoms with van der Waals surface area (Å²) in [4.78, 5) is 0. The highest BCUT2D eigenvalue weighted by atomic mass is 16.3. The minimum atomic E-state index is 0.128. The Balaban J connectivity index is 1.83. The predicted molar refractivity (Wildman–Crippen MR) is 90.0 cm³/mol. The molecule has 22 heavy (non-hydrogen) atoms. The summed E-state index contributed by atoms with van der Waals surface area (Å²) in [6.07, 6.45) is 2.13. The van der Waals surface area contributed by atoms with Gasteiger partial charge < -0.3 is 10.4 Å². The van der Waals surface area contributed by atoms with E-state index >= 15 is 0 Å². The van der Waals surface area contributed by atoms with Crippen LogP contribution in [0.5, 0.6) is 0 Å². The molecule has 0 amide bonds. The van der Waals surface area contributed by atoms with E-state index in [1.165, 1.54) is 16.7 Å². The quantitative estimate of drug-likeness (QED) is 0.736. The Hall–Kier alpha value is -1.65. The Morgan fingerprint density at radius 3 is 2.45 bits per heavy atom. The van der Waals surface area contributed by atoms with Crippen molar-refractivity contribution in [3.05, 3.63) is 52.3 Å². The van der Waals surface area contributed by atoms with Crippen molar-refractivity contribution in [2.24, 2.45) is 0 Å². The van der Waals surface area contributed by atoms with E-state index < -0.39 is 0 Å². The van der Waals surface area contributed by atoms with Crippen LogP contribution in [0.3, 0.4) is 0 Å². The molecule has 1 heterocycles. The summed E-state index contributed by atoms with van der Waals surface area (Å²) in [7, 11) is 0. The molecule has 2 aromatic rings. The van der Waals surface area contributed by atoms with Gasteiger partial charge in [-0.3, -0.25) is 4.68 Å². The summed E-state index contributed by atoms with van der Waals surface area (Å²) < 4.78 is 1.88. The highest BCUT2D eigenvalue weighted by molar-refractivity contribution is 5.25. The van der Waals surface area contributed by atoms with Crippen molar-refractivity contribution in [2.45, 2.75) is 46.7 Å². The van der Waals surface area contributed by atoms with Gasteiger partial charge in [0, 0.05) is 17.8 Å². The molecule has 2 N–H and O–H groups in total. The van der Waals surface area contributed by atoms with Crippen molar-refractivity contribution < 1.29 is 5.11 Å². The molecule has 1 aromatic heterocycles. The van der Waals surface area contributed by atoms with Crippen molar-refractivity contribution in [3.8, 4) is 0 Å². The van der Waals surface area contributed by atoms with E-state index in [9.17, 15) is 0 Å². The fraction of sp³-hybridized carbons (Fsp3) is 0.500. The molecular formula is C18H27N3O. The molecule has 0 unspecified atom stereocenters. The Morgan fingerprint density at radius 2 is 1.82 bits per heavy atom. The second-order valence-corrected chi connectivity index (χ2v) is 5.69. The molecule has 0 saturated heterocycles. The smallest absolute Gasteiger partial charge is 0.0644 e. The molecule has 1 aromatic carbocycles. The van der Waals surface area contributed by atoms with Gasteiger partial charge in [-0.25, -0.2) is 0 Å². The van der Waals surface area contributed by atoms with Crippen LogP contribution in [0.2, 0.25) is 0 Å². The lowest BCUT2D eigenvalue weighted by Crippen LogP contribution is -2.17. The molecular weight excluding hydrogens is 274 g/mol. The van der Waals surface area contributed by atoms with Gasteiger partial charge in [0.2, 0.25) is 0 Å². The Labute approximate surface area is 133 Å². The van der Waals surface area contributed by atoms with Crippen molar-refractivity contribution >= 4 is 0 Å². The molecule has 0 aliphatic carbocycles. The fourth-order valence-electron chi connectivity index (χ4n) is 2.69. The third-order valence-electron chi connectivity index (χ3n) is 4.17. The van der Waals surface area contributed by atoms with Crippen LogP contribution >= 0.6 is 0 Å². The van der Waals surface area contributed by atoms with Gasteiger partial charge in [0.1, 0.15) is 0 Å². The highest BCUT2D eigenvalue weighted by Crippen LogP contribution is 2.12. The van der Waals surface area contributed by atoms with Crippen LogP contribution in [0.15, 0.2) is 24.3 Å². The zero-order valence-corrected chi connectivity index (χ0v) is 13.9. The topological polar surface area (TPSA) is 50.1 Å². The van der Waals surface area contributed by atoms with Gasteiger partial charge in [0.25, 0.3) is 0 Å². The first-order valence-corrected chi connectivity index (χ1v) is 8.08. The first-order chi connectivity index (χ1) is 10.7. The van der Waals surface area contributed by atoms with Crippen molar-refractivity contribution in [2.75, 3.05) is 13.2 Å². The maximum Gasteiger partial charge on any atom is 0.0644 e. The number of hydrogen-bond donors (Lipinski definition) is 2. The van der Waals surface area contributed by atoms with Gasteiger partial charge in [-0.15, -0.1) is 0 Å². The van der Waals surface area contributed by atoms with Gasteiger partial charge in [-0.05, 0) is 44.4 Å². The van der Waals surface area contributed by atoms with E-state index in [4.69, 9.17) is 5.11 Å². The fourth-order valence-corrected chi connectivity index (χ4v) is 2.69. The van der Waals surface area contributed by atoms with E-state index in [1.807, 2.05) is 11.6 Å². The Bertz CT molecular complexity index is 587. The lowest BCUT2D eigenvalue weighted by Gasteiger charge is -2.07. The summed E-state index contributed by atoms with van der Waals surface area (Å²) in [5.41, 5.74) is 6.19. The number of benzene rings is 1. The number of aliphatic hydroxyl groups is 1. The van der Waals surface area contributed by atoms with Crippen LogP contribution in [-0.4, -0.2) is 28.0 Å². The lowest BCUT2D eigenvalue weighted by molar-refractivity contribution is 0.267. The molecule has 4 nitrogen and oxygen atoms in total. The van der Waals surface area contributed by atoms with Crippen LogP contribution in [0.4, 0.5) is 0 Å². The maximum absolute atomic E-state index is 9.05. The average molecular weight is 301 g/mol. The summed E-state index contributed by atoms with van der Waals surface area (Å²) in [5, 5.41) is 17.0. The summed E-state index contributed by atoms with van der Waals surface area (Å²) >= 11 is 0. The molecule has 0 radical (unpaired) electrons. The largest absolute Gasteiger partial charge is 0.394 e. The number of rotatable bonds is 8. The van der Waals surface area contributed by atoms with Crippen LogP contribution in [0.25, 0.3) is 0 Å². The van der Waals surface area contributed by atoms with Gasteiger partial charge in [-0.2, -0.15) is 5.10 Å². The first kappa shape index (κ1) is 16.7. The summed E-state index contributed by atoms with van der Waals surface area (Å²) in [6.45, 7) is 8.75. The minimum absolute atomic E-state index is 0.128. The second kappa shape index (κ2) is 8.11. The molecule has 0 saturated carbocycles. The second-order valence-electron chi connectivity index (χ2n) is 5.69. The standard InChI is InChI=1S/C18H27N3O/c1-4-16-5-7-17(8-6-16)9-10-19-13-18-14(2)20-21(11-12-22)15(18)3/h5-8,19,22H,4,9-13H2,1-3H3. The van der Waals surface area contributed by atoms with Crippen LogP contribution in [0.1, 0.15) is 35.0 Å². The highest BCUT2D eigenvalue weighted by Gasteiger charge is 2.10. The molecule has 0 fully saturated rings. The van der Waals surface area contributed by atoms with Gasteiger partial charge in [0.15, 0.2) is 0 Å². The van der Waals surface area contributed by atoms with E-state index in [2.05, 4.69) is 48.5 Å². The normalized spacial score (nSPS) is 11.1. The molecule has 0 aliphatic rings. The number of aryl methyl sites for hydroxylation is 2. The third-order valence-corrected chi connectivity index (χ3v) is 4.17. The number of hydrogen-bond acceptors (Lipinski definition) is 3. The SMILES string of the molecule is CCc1ccc(CCNCc2c(C)nn(CCO)c2C)cc1. The minimum Gasteiger partial charge on any atom is -0.394 e. The van der Waals surface area contributed by atoms with Gasteiger partial charge >= 0.3 is 0 Å². The average Bonchev–Trinajstić information content (AvgIpc) is 2.79. The number of nitrogens with one attached hydrogen (secondary N) is 1. The predicted octanol–water partition coefficient (Wildman–Crippen LogP) is 2.39. The van der Waals surface area contributed by atoms with E-state index in [0.717, 1.165) is 37.3 Å². The van der Waals surface area contributed by atoms with Crippen molar-refractivity contribution in [1.82, 2.24) is 15.1 Å². The maximum atomic E-state index is 9.05. The molecule has 0 aliphatic heterocycles. The molecule has 4 heteroatoms. The molecule has 0 bridgehead atoms. The number of aromatic nitrogens is 2. The van der Waals surface area contributed by atoms with E-state index in [-0.39, 0.29) is 6.61 Å². The van der Waals surface area contributed by atoms with Gasteiger partial charge in [0.05, 0.1) is 18.8 Å². The van der Waals surface area contributed by atoms with Crippen molar-refractivity contribution in [3.63, 3.8) is 0 Å². The molecule has 2 rings (SSSR count). The van der Waals surface area contributed by atoms with E-state index in [0.29, 0.717) is 6.54 Å². The summed E-state index contributed by atoms with van der Waals surface area (Å²) in [5.74, 6) is 0. The Morgan fingerprint density at radius 1 is 1.14 bits per heavy atom. The third kappa shape index (κ3) is 4.18. The van der Waals surface area contributed by atoms with E-state index in [1.54, 1.807) is 0 Å². The number of aliphatic hydroxyl groups excluding tert-OH is 1. The number of nitrogens with zero attached hydrogens (tertiary/aromatic N) is 2. The summed E-state index contributed by atoms with van der Waals surface area (Å²) in [6, 6.07) is 8.86. The molecule has 120 valence electrons. The Kier molecular flexibility index (Phi) is 6.16. The van der Waals surface area contributed by atoms with Crippen molar-refractivity contribution in [1.29, 1.82) is 0 Å². The first-order valence-electron chi connectivity index (χ1n) is 8.08.